The Labute approximate surface area is 209 Å². The summed E-state index contributed by atoms with van der Waals surface area (Å²) in [6.45, 7) is 11.5. The van der Waals surface area contributed by atoms with E-state index in [0.717, 1.165) is 52.4 Å². The van der Waals surface area contributed by atoms with Crippen molar-refractivity contribution < 1.29 is 13.9 Å². The van der Waals surface area contributed by atoms with E-state index in [4.69, 9.17) is 0 Å². The van der Waals surface area contributed by atoms with E-state index in [1.54, 1.807) is 6.08 Å². The minimum atomic E-state index is -2.88. The molecule has 7 heteroatoms. The fourth-order valence-corrected chi connectivity index (χ4v) is 5.54. The summed E-state index contributed by atoms with van der Waals surface area (Å²) in [5.74, 6) is -1.86. The quantitative estimate of drug-likeness (QED) is 0.545. The van der Waals surface area contributed by atoms with Crippen molar-refractivity contribution in [2.24, 2.45) is 16.8 Å². The fourth-order valence-electron chi connectivity index (χ4n) is 5.54. The molecule has 3 heterocycles. The molecule has 3 aliphatic heterocycles. The molecular weight excluding hydrogens is 446 g/mol. The van der Waals surface area contributed by atoms with Gasteiger partial charge in [-0.2, -0.15) is 0 Å². The molecule has 2 fully saturated rings. The van der Waals surface area contributed by atoms with E-state index in [0.29, 0.717) is 24.4 Å². The second kappa shape index (κ2) is 11.2. The third-order valence-electron chi connectivity index (χ3n) is 7.82. The van der Waals surface area contributed by atoms with Crippen molar-refractivity contribution in [3.63, 3.8) is 0 Å². The molecule has 0 saturated carbocycles. The average Bonchev–Trinajstić information content (AvgIpc) is 3.30. The van der Waals surface area contributed by atoms with Crippen molar-refractivity contribution in [2.75, 3.05) is 32.7 Å². The van der Waals surface area contributed by atoms with Crippen LogP contribution in [0.25, 0.3) is 0 Å². The molecule has 2 N–H and O–H groups in total. The topological polar surface area (TPSA) is 51.1 Å². The van der Waals surface area contributed by atoms with Gasteiger partial charge in [0.05, 0.1) is 6.04 Å². The molecule has 4 rings (SSSR count). The Morgan fingerprint density at radius 3 is 2.46 bits per heavy atom. The maximum Gasteiger partial charge on any atom is 0.271 e. The van der Waals surface area contributed by atoms with Crippen LogP contribution in [0.2, 0.25) is 0 Å². The first-order chi connectivity index (χ1) is 16.6. The van der Waals surface area contributed by atoms with Gasteiger partial charge in [0.2, 0.25) is 0 Å². The highest BCUT2D eigenvalue weighted by Crippen LogP contribution is 2.32. The van der Waals surface area contributed by atoms with Gasteiger partial charge in [-0.15, -0.1) is 0 Å². The number of nitrogens with one attached hydrogen (secondary N) is 1. The van der Waals surface area contributed by atoms with Crippen molar-refractivity contribution in [1.29, 1.82) is 0 Å². The lowest BCUT2D eigenvalue weighted by Crippen LogP contribution is -2.54. The van der Waals surface area contributed by atoms with Crippen LogP contribution >= 0.6 is 0 Å². The Kier molecular flexibility index (Phi) is 8.41. The van der Waals surface area contributed by atoms with E-state index in [-0.39, 0.29) is 17.5 Å². The number of alkyl halides is 2. The number of allylic oxidation sites excluding steroid dienone is 1. The van der Waals surface area contributed by atoms with Gasteiger partial charge >= 0.3 is 0 Å². The summed E-state index contributed by atoms with van der Waals surface area (Å²) >= 11 is 0. The van der Waals surface area contributed by atoms with Crippen molar-refractivity contribution in [3.8, 4) is 0 Å². The highest BCUT2D eigenvalue weighted by molar-refractivity contribution is 5.81. The summed E-state index contributed by atoms with van der Waals surface area (Å²) in [7, 11) is 0. The second-order valence-corrected chi connectivity index (χ2v) is 11.2. The van der Waals surface area contributed by atoms with Crippen LogP contribution < -0.4 is 5.32 Å². The maximum absolute atomic E-state index is 13.8. The SMILES string of the molecule is CC(CNC1CCN(C(O)N2CCC3N=CC(C(C)(F)F)=CC3C2)C1)Cc1ccc(C(C)C)cc1. The predicted octanol–water partition coefficient (Wildman–Crippen LogP) is 4.28. The minimum absolute atomic E-state index is 0.00879. The largest absolute Gasteiger partial charge is 0.365 e. The zero-order chi connectivity index (χ0) is 25.2. The lowest BCUT2D eigenvalue weighted by Gasteiger charge is -2.42. The first-order valence-electron chi connectivity index (χ1n) is 13.2. The van der Waals surface area contributed by atoms with Gasteiger partial charge in [-0.3, -0.25) is 14.8 Å². The monoisotopic (exact) mass is 488 g/mol. The van der Waals surface area contributed by atoms with Crippen LogP contribution in [0.15, 0.2) is 40.9 Å². The third-order valence-corrected chi connectivity index (χ3v) is 7.82. The number of hydrogen-bond donors (Lipinski definition) is 2. The van der Waals surface area contributed by atoms with Gasteiger partial charge in [-0.25, -0.2) is 8.78 Å². The number of piperidine rings is 1. The van der Waals surface area contributed by atoms with Gasteiger partial charge in [0.1, 0.15) is 0 Å². The molecule has 5 unspecified atom stereocenters. The normalized spacial score (nSPS) is 27.7. The highest BCUT2D eigenvalue weighted by atomic mass is 19.3. The number of likely N-dealkylation sites (tertiary alicyclic amines) is 2. The molecule has 0 bridgehead atoms. The van der Waals surface area contributed by atoms with Gasteiger partial charge in [-0.05, 0) is 48.8 Å². The van der Waals surface area contributed by atoms with Crippen LogP contribution in [0.5, 0.6) is 0 Å². The molecule has 3 aliphatic rings. The number of fused-ring (bicyclic) bond motifs is 1. The number of hydrogen-bond acceptors (Lipinski definition) is 5. The lowest BCUT2D eigenvalue weighted by molar-refractivity contribution is -0.116. The summed E-state index contributed by atoms with van der Waals surface area (Å²) in [5.41, 5.74) is 2.75. The zero-order valence-corrected chi connectivity index (χ0v) is 21.6. The zero-order valence-electron chi connectivity index (χ0n) is 21.6. The molecule has 35 heavy (non-hydrogen) atoms. The fraction of sp³-hybridized carbons (Fsp3) is 0.679. The van der Waals surface area contributed by atoms with Crippen molar-refractivity contribution >= 4 is 6.21 Å². The Hall–Kier alpha value is -1.67. The molecule has 0 amide bonds. The molecule has 0 spiro atoms. The smallest absolute Gasteiger partial charge is 0.271 e. The molecule has 194 valence electrons. The van der Waals surface area contributed by atoms with Crippen LogP contribution in [0.1, 0.15) is 57.6 Å². The van der Waals surface area contributed by atoms with E-state index in [2.05, 4.69) is 60.2 Å². The van der Waals surface area contributed by atoms with Gasteiger partial charge in [-0.1, -0.05) is 51.1 Å². The summed E-state index contributed by atoms with van der Waals surface area (Å²) in [4.78, 5) is 8.51. The van der Waals surface area contributed by atoms with Crippen LogP contribution in [0.3, 0.4) is 0 Å². The highest BCUT2D eigenvalue weighted by Gasteiger charge is 2.38. The van der Waals surface area contributed by atoms with E-state index < -0.39 is 12.3 Å². The van der Waals surface area contributed by atoms with Crippen LogP contribution in [0, 0.1) is 11.8 Å². The van der Waals surface area contributed by atoms with Crippen molar-refractivity contribution in [2.45, 2.75) is 77.2 Å². The average molecular weight is 489 g/mol. The van der Waals surface area contributed by atoms with Crippen molar-refractivity contribution in [3.05, 3.63) is 47.0 Å². The molecular formula is C28H42F2N4O. The number of dihydropyridines is 1. The van der Waals surface area contributed by atoms with E-state index in [1.807, 2.05) is 4.90 Å². The third kappa shape index (κ3) is 6.76. The van der Waals surface area contributed by atoms with Gasteiger partial charge in [0.15, 0.2) is 6.35 Å². The summed E-state index contributed by atoms with van der Waals surface area (Å²) in [6.07, 6.45) is 5.17. The first-order valence-corrected chi connectivity index (χ1v) is 13.2. The van der Waals surface area contributed by atoms with Crippen molar-refractivity contribution in [1.82, 2.24) is 15.1 Å². The minimum Gasteiger partial charge on any atom is -0.365 e. The molecule has 1 aromatic carbocycles. The number of benzene rings is 1. The Bertz CT molecular complexity index is 895. The van der Waals surface area contributed by atoms with Gasteiger partial charge in [0.25, 0.3) is 5.92 Å². The van der Waals surface area contributed by atoms with E-state index in [1.165, 1.54) is 17.3 Å². The molecule has 1 aromatic rings. The summed E-state index contributed by atoms with van der Waals surface area (Å²) in [5, 5.41) is 14.8. The molecule has 0 radical (unpaired) electrons. The van der Waals surface area contributed by atoms with Gasteiger partial charge < -0.3 is 10.4 Å². The van der Waals surface area contributed by atoms with Gasteiger partial charge in [0, 0.05) is 56.9 Å². The second-order valence-electron chi connectivity index (χ2n) is 11.2. The number of nitrogens with zero attached hydrogens (tertiary/aromatic N) is 3. The standard InChI is InChI=1S/C28H42F2N4O/c1-19(2)22-7-5-21(6-8-22)13-20(3)15-31-25-9-11-34(18-25)27(35)33-12-10-26-23(17-33)14-24(16-32-26)28(4,29)30/h5-8,14,16,19-20,23,25-27,31,35H,9-13,15,17-18H2,1-4H3. The molecule has 0 aliphatic carbocycles. The molecule has 0 aromatic heterocycles. The number of aliphatic hydroxyl groups is 1. The van der Waals surface area contributed by atoms with Crippen LogP contribution in [0.4, 0.5) is 8.78 Å². The Balaban J connectivity index is 1.22. The molecule has 2 saturated heterocycles. The predicted molar refractivity (Wildman–Crippen MR) is 138 cm³/mol. The molecule has 5 nitrogen and oxygen atoms in total. The van der Waals surface area contributed by atoms with E-state index in [9.17, 15) is 13.9 Å². The lowest BCUT2D eigenvalue weighted by atomic mass is 9.87. The summed E-state index contributed by atoms with van der Waals surface area (Å²) in [6, 6.07) is 9.38. The number of aliphatic hydroxyl groups excluding tert-OH is 1. The number of aliphatic imine (C=N–C) groups is 1. The molecule has 5 atom stereocenters. The Morgan fingerprint density at radius 2 is 1.77 bits per heavy atom. The summed E-state index contributed by atoms with van der Waals surface area (Å²) < 4.78 is 27.5. The maximum atomic E-state index is 13.8. The Morgan fingerprint density at radius 1 is 1.09 bits per heavy atom. The van der Waals surface area contributed by atoms with E-state index >= 15 is 0 Å². The van der Waals surface area contributed by atoms with Crippen LogP contribution in [-0.4, -0.2) is 78.2 Å². The van der Waals surface area contributed by atoms with Crippen LogP contribution in [-0.2, 0) is 6.42 Å². The number of halogens is 2. The first kappa shape index (κ1) is 26.4. The number of rotatable bonds is 9.